The molecule has 7 nitrogen and oxygen atoms in total. The summed E-state index contributed by atoms with van der Waals surface area (Å²) in [5.41, 5.74) is 1.85. The Kier molecular flexibility index (Phi) is 5.83. The highest BCUT2D eigenvalue weighted by Gasteiger charge is 2.43. The predicted octanol–water partition coefficient (Wildman–Crippen LogP) is 2.65. The number of aromatic nitrogens is 3. The van der Waals surface area contributed by atoms with Crippen LogP contribution in [0.15, 0.2) is 35.6 Å². The van der Waals surface area contributed by atoms with Crippen LogP contribution in [0, 0.1) is 24.7 Å². The Morgan fingerprint density at radius 1 is 1.10 bits per heavy atom. The minimum atomic E-state index is -3.20. The first kappa shape index (κ1) is 20.2. The summed E-state index contributed by atoms with van der Waals surface area (Å²) < 4.78 is 28.8. The third-order valence-corrected chi connectivity index (χ3v) is 7.08. The van der Waals surface area contributed by atoms with Gasteiger partial charge in [-0.1, -0.05) is 0 Å². The van der Waals surface area contributed by atoms with Gasteiger partial charge in [0.2, 0.25) is 5.95 Å². The highest BCUT2D eigenvalue weighted by atomic mass is 32.2. The zero-order chi connectivity index (χ0) is 20.4. The van der Waals surface area contributed by atoms with Crippen LogP contribution >= 0.6 is 0 Å². The molecule has 2 atom stereocenters. The maximum atomic E-state index is 11.5. The molecule has 0 radical (unpaired) electrons. The van der Waals surface area contributed by atoms with Crippen LogP contribution in [0.2, 0.25) is 0 Å². The predicted molar refractivity (Wildman–Crippen MR) is 110 cm³/mol. The molecule has 0 bridgehead atoms. The summed E-state index contributed by atoms with van der Waals surface area (Å²) in [6.07, 6.45) is 9.97. The number of ether oxygens (including phenoxy) is 1. The van der Waals surface area contributed by atoms with Crippen LogP contribution in [-0.2, 0) is 21.2 Å². The Balaban J connectivity index is 1.18. The molecule has 2 aliphatic rings. The molecular formula is C21H28N4O3S. The normalized spacial score (nSPS) is 22.6. The second-order valence-electron chi connectivity index (χ2n) is 8.32. The lowest BCUT2D eigenvalue weighted by Crippen LogP contribution is -2.35. The molecule has 8 heteroatoms. The zero-order valence-electron chi connectivity index (χ0n) is 17.0. The van der Waals surface area contributed by atoms with Gasteiger partial charge in [-0.2, -0.15) is 0 Å². The van der Waals surface area contributed by atoms with Crippen LogP contribution in [0.5, 0.6) is 0 Å². The van der Waals surface area contributed by atoms with Crippen LogP contribution in [0.4, 0.5) is 5.95 Å². The maximum absolute atomic E-state index is 11.5. The summed E-state index contributed by atoms with van der Waals surface area (Å²) in [5, 5.41) is 0. The molecule has 0 spiro atoms. The molecule has 1 aliphatic heterocycles. The molecule has 156 valence electrons. The summed E-state index contributed by atoms with van der Waals surface area (Å²) in [4.78, 5) is 15.6. The Hall–Kier alpha value is -2.06. The van der Waals surface area contributed by atoms with E-state index in [1.54, 1.807) is 12.1 Å². The third-order valence-electron chi connectivity index (χ3n) is 5.98. The average Bonchev–Trinajstić information content (AvgIpc) is 3.48. The van der Waals surface area contributed by atoms with Crippen LogP contribution in [0.25, 0.3) is 0 Å². The number of hydrogen-bond acceptors (Lipinski definition) is 7. The minimum Gasteiger partial charge on any atom is -0.375 e. The number of rotatable bonds is 7. The van der Waals surface area contributed by atoms with Crippen molar-refractivity contribution in [1.29, 1.82) is 0 Å². The van der Waals surface area contributed by atoms with Gasteiger partial charge in [-0.3, -0.25) is 4.98 Å². The number of nitrogens with zero attached hydrogens (tertiary/aromatic N) is 4. The van der Waals surface area contributed by atoms with Gasteiger partial charge >= 0.3 is 0 Å². The molecule has 4 rings (SSSR count). The van der Waals surface area contributed by atoms with E-state index in [0.29, 0.717) is 12.5 Å². The fourth-order valence-electron chi connectivity index (χ4n) is 4.15. The highest BCUT2D eigenvalue weighted by molar-refractivity contribution is 7.90. The van der Waals surface area contributed by atoms with Crippen molar-refractivity contribution in [3.05, 3.63) is 42.0 Å². The lowest BCUT2D eigenvalue weighted by atomic mass is 9.91. The van der Waals surface area contributed by atoms with E-state index in [1.807, 2.05) is 19.3 Å². The highest BCUT2D eigenvalue weighted by Crippen LogP contribution is 2.48. The Labute approximate surface area is 172 Å². The molecule has 2 aromatic rings. The Morgan fingerprint density at radius 2 is 1.83 bits per heavy atom. The van der Waals surface area contributed by atoms with Crippen LogP contribution < -0.4 is 4.90 Å². The van der Waals surface area contributed by atoms with Gasteiger partial charge in [0.25, 0.3) is 0 Å². The monoisotopic (exact) mass is 416 g/mol. The van der Waals surface area contributed by atoms with Gasteiger partial charge in [0, 0.05) is 37.9 Å². The van der Waals surface area contributed by atoms with Crippen molar-refractivity contribution < 1.29 is 13.2 Å². The zero-order valence-corrected chi connectivity index (χ0v) is 17.8. The molecule has 29 heavy (non-hydrogen) atoms. The molecule has 2 aromatic heterocycles. The van der Waals surface area contributed by atoms with E-state index in [1.165, 1.54) is 31.7 Å². The first-order valence-corrected chi connectivity index (χ1v) is 12.1. The topological polar surface area (TPSA) is 85.3 Å². The van der Waals surface area contributed by atoms with E-state index in [2.05, 4.69) is 19.9 Å². The largest absolute Gasteiger partial charge is 0.375 e. The van der Waals surface area contributed by atoms with Crippen LogP contribution in [0.1, 0.15) is 30.5 Å². The Morgan fingerprint density at radius 3 is 2.45 bits per heavy atom. The van der Waals surface area contributed by atoms with Crippen molar-refractivity contribution in [2.24, 2.45) is 17.8 Å². The molecule has 1 saturated heterocycles. The minimum absolute atomic E-state index is 0.242. The van der Waals surface area contributed by atoms with E-state index in [-0.39, 0.29) is 4.90 Å². The molecule has 0 aromatic carbocycles. The van der Waals surface area contributed by atoms with Gasteiger partial charge in [-0.15, -0.1) is 0 Å². The van der Waals surface area contributed by atoms with E-state index in [4.69, 9.17) is 4.74 Å². The van der Waals surface area contributed by atoms with Gasteiger partial charge in [0.1, 0.15) is 0 Å². The van der Waals surface area contributed by atoms with E-state index < -0.39 is 9.84 Å². The molecule has 0 unspecified atom stereocenters. The summed E-state index contributed by atoms with van der Waals surface area (Å²) in [7, 11) is -3.20. The fraction of sp³-hybridized carbons (Fsp3) is 0.571. The third kappa shape index (κ3) is 5.11. The molecule has 0 amide bonds. The standard InChI is InChI=1S/C21H28N4O3S/c1-15-10-23-21(24-11-15)25-7-5-16(6-8-25)20-9-17(20)13-28-14-18-3-4-19(12-22-18)29(2,26)27/h3-4,10-12,16-17,20H,5-9,13-14H2,1-2H3/t17-,20+/m0/s1. The molecular weight excluding hydrogens is 388 g/mol. The quantitative estimate of drug-likeness (QED) is 0.686. The lowest BCUT2D eigenvalue weighted by molar-refractivity contribution is 0.102. The van der Waals surface area contributed by atoms with Crippen LogP contribution in [-0.4, -0.2) is 49.3 Å². The van der Waals surface area contributed by atoms with Gasteiger partial charge in [-0.25, -0.2) is 18.4 Å². The van der Waals surface area contributed by atoms with Crippen molar-refractivity contribution in [1.82, 2.24) is 15.0 Å². The smallest absolute Gasteiger partial charge is 0.225 e. The number of aryl methyl sites for hydroxylation is 1. The van der Waals surface area contributed by atoms with Gasteiger partial charge in [0.05, 0.1) is 23.8 Å². The molecule has 2 fully saturated rings. The number of hydrogen-bond donors (Lipinski definition) is 0. The maximum Gasteiger partial charge on any atom is 0.225 e. The number of piperidine rings is 1. The lowest BCUT2D eigenvalue weighted by Gasteiger charge is -2.32. The molecule has 1 saturated carbocycles. The number of sulfone groups is 1. The van der Waals surface area contributed by atoms with Crippen molar-refractivity contribution in [3.63, 3.8) is 0 Å². The van der Waals surface area contributed by atoms with Crippen molar-refractivity contribution in [3.8, 4) is 0 Å². The van der Waals surface area contributed by atoms with Crippen molar-refractivity contribution in [2.45, 2.75) is 37.7 Å². The summed E-state index contributed by atoms with van der Waals surface area (Å²) in [6, 6.07) is 3.32. The average molecular weight is 417 g/mol. The number of anilines is 1. The van der Waals surface area contributed by atoms with E-state index >= 15 is 0 Å². The Bertz CT molecular complexity index is 923. The van der Waals surface area contributed by atoms with Crippen molar-refractivity contribution in [2.75, 3.05) is 30.9 Å². The van der Waals surface area contributed by atoms with E-state index in [0.717, 1.165) is 48.7 Å². The molecule has 0 N–H and O–H groups in total. The van der Waals surface area contributed by atoms with Crippen LogP contribution in [0.3, 0.4) is 0 Å². The first-order chi connectivity index (χ1) is 13.9. The van der Waals surface area contributed by atoms with Gasteiger partial charge in [0.15, 0.2) is 9.84 Å². The summed E-state index contributed by atoms with van der Waals surface area (Å²) in [5.74, 6) is 3.01. The van der Waals surface area contributed by atoms with Crippen molar-refractivity contribution >= 4 is 15.8 Å². The SMILES string of the molecule is Cc1cnc(N2CCC([C@H]3C[C@H]3COCc3ccc(S(C)(=O)=O)cn3)CC2)nc1. The summed E-state index contributed by atoms with van der Waals surface area (Å²) >= 11 is 0. The molecule has 3 heterocycles. The second-order valence-corrected chi connectivity index (χ2v) is 10.3. The second kappa shape index (κ2) is 8.36. The summed E-state index contributed by atoms with van der Waals surface area (Å²) in [6.45, 7) is 5.23. The van der Waals surface area contributed by atoms with Gasteiger partial charge < -0.3 is 9.64 Å². The first-order valence-electron chi connectivity index (χ1n) is 10.2. The fourth-order valence-corrected chi connectivity index (χ4v) is 4.71. The number of pyridine rings is 1. The van der Waals surface area contributed by atoms with E-state index in [9.17, 15) is 8.42 Å². The molecule has 1 aliphatic carbocycles. The van der Waals surface area contributed by atoms with Gasteiger partial charge in [-0.05, 0) is 61.6 Å².